The molecule has 9 nitrogen and oxygen atoms in total. The van der Waals surface area contributed by atoms with Crippen LogP contribution in [-0.4, -0.2) is 48.7 Å². The Morgan fingerprint density at radius 3 is 2.81 bits per heavy atom. The first-order valence-electron chi connectivity index (χ1n) is 8.65. The molecule has 3 aliphatic rings. The second-order valence-electron chi connectivity index (χ2n) is 6.88. The van der Waals surface area contributed by atoms with Gasteiger partial charge in [0.1, 0.15) is 23.8 Å². The lowest BCUT2D eigenvalue weighted by Crippen LogP contribution is -2.29. The molecule has 1 fully saturated rings. The predicted molar refractivity (Wildman–Crippen MR) is 92.9 cm³/mol. The van der Waals surface area contributed by atoms with Gasteiger partial charge in [-0.05, 0) is 25.0 Å². The minimum absolute atomic E-state index is 0.110. The molecule has 2 aromatic heterocycles. The standard InChI is InChI=1S/C17H15FN8O/c1-27-17(6-7-17)13-8-25(22-19-13)16-21-20-15-11-4-2-3-5-12(11)24-10-23(18)9-14(24)26(15)16/h2-5,8-9H,6-7,10H2,1H3. The molecule has 0 bridgehead atoms. The van der Waals surface area contributed by atoms with Gasteiger partial charge in [-0.3, -0.25) is 0 Å². The van der Waals surface area contributed by atoms with Crippen molar-refractivity contribution in [1.82, 2.24) is 34.9 Å². The van der Waals surface area contributed by atoms with E-state index >= 15 is 0 Å². The number of nitrogens with zero attached hydrogens (tertiary/aromatic N) is 8. The highest BCUT2D eigenvalue weighted by molar-refractivity contribution is 5.89. The van der Waals surface area contributed by atoms with E-state index < -0.39 is 0 Å². The number of rotatable bonds is 3. The maximum Gasteiger partial charge on any atom is 0.259 e. The molecule has 0 saturated heterocycles. The highest BCUT2D eigenvalue weighted by Crippen LogP contribution is 2.48. The summed E-state index contributed by atoms with van der Waals surface area (Å²) in [6.45, 7) is 0.110. The molecular weight excluding hydrogens is 351 g/mol. The van der Waals surface area contributed by atoms with Crippen molar-refractivity contribution >= 4 is 11.5 Å². The Morgan fingerprint density at radius 1 is 1.15 bits per heavy atom. The van der Waals surface area contributed by atoms with Gasteiger partial charge in [0.15, 0.2) is 5.82 Å². The van der Waals surface area contributed by atoms with Gasteiger partial charge in [-0.1, -0.05) is 21.8 Å². The van der Waals surface area contributed by atoms with Gasteiger partial charge in [0.2, 0.25) is 0 Å². The number of hydrogen-bond acceptors (Lipinski definition) is 7. The van der Waals surface area contributed by atoms with Crippen molar-refractivity contribution in [2.75, 3.05) is 18.7 Å². The van der Waals surface area contributed by atoms with E-state index in [1.807, 2.05) is 29.2 Å². The molecule has 1 aliphatic carbocycles. The molecule has 136 valence electrons. The lowest BCUT2D eigenvalue weighted by atomic mass is 10.1. The molecule has 1 saturated carbocycles. The molecule has 27 heavy (non-hydrogen) atoms. The van der Waals surface area contributed by atoms with Crippen LogP contribution in [-0.2, 0) is 10.3 Å². The van der Waals surface area contributed by atoms with Gasteiger partial charge in [0, 0.05) is 12.7 Å². The zero-order valence-electron chi connectivity index (χ0n) is 14.4. The molecule has 2 aliphatic heterocycles. The average molecular weight is 366 g/mol. The van der Waals surface area contributed by atoms with Crippen molar-refractivity contribution in [3.8, 4) is 17.3 Å². The van der Waals surface area contributed by atoms with Crippen molar-refractivity contribution in [2.45, 2.75) is 18.4 Å². The summed E-state index contributed by atoms with van der Waals surface area (Å²) < 4.78 is 23.0. The van der Waals surface area contributed by atoms with Crippen LogP contribution in [0.3, 0.4) is 0 Å². The first-order chi connectivity index (χ1) is 13.2. The number of anilines is 1. The van der Waals surface area contributed by atoms with Crippen molar-refractivity contribution in [1.29, 1.82) is 0 Å². The average Bonchev–Trinajstić information content (AvgIpc) is 3.03. The monoisotopic (exact) mass is 366 g/mol. The van der Waals surface area contributed by atoms with Crippen LogP contribution in [0.4, 0.5) is 10.2 Å². The fraction of sp³-hybridized carbons (Fsp3) is 0.294. The van der Waals surface area contributed by atoms with Crippen molar-refractivity contribution in [3.63, 3.8) is 0 Å². The molecule has 4 heterocycles. The van der Waals surface area contributed by atoms with Crippen molar-refractivity contribution in [2.24, 2.45) is 0 Å². The third kappa shape index (κ3) is 1.90. The topological polar surface area (TPSA) is 77.1 Å². The molecule has 0 N–H and O–H groups in total. The van der Waals surface area contributed by atoms with E-state index in [9.17, 15) is 4.48 Å². The normalized spacial score (nSPS) is 18.8. The lowest BCUT2D eigenvalue weighted by Gasteiger charge is -2.29. The molecule has 0 unspecified atom stereocenters. The van der Waals surface area contributed by atoms with E-state index in [-0.39, 0.29) is 12.3 Å². The summed E-state index contributed by atoms with van der Waals surface area (Å²) in [4.78, 5) is 1.88. The number of ether oxygens (including phenoxy) is 1. The van der Waals surface area contributed by atoms with Crippen LogP contribution in [0.2, 0.25) is 0 Å². The summed E-state index contributed by atoms with van der Waals surface area (Å²) in [6.07, 6.45) is 5.08. The Kier molecular flexibility index (Phi) is 2.70. The Morgan fingerprint density at radius 2 is 2.00 bits per heavy atom. The number of hydrogen-bond donors (Lipinski definition) is 0. The van der Waals surface area contributed by atoms with Gasteiger partial charge in [0.25, 0.3) is 5.95 Å². The van der Waals surface area contributed by atoms with E-state index in [1.54, 1.807) is 22.6 Å². The number of benzene rings is 1. The van der Waals surface area contributed by atoms with Crippen LogP contribution >= 0.6 is 0 Å². The molecule has 0 radical (unpaired) electrons. The van der Waals surface area contributed by atoms with E-state index in [2.05, 4.69) is 20.5 Å². The minimum Gasteiger partial charge on any atom is -0.372 e. The third-order valence-corrected chi connectivity index (χ3v) is 5.38. The van der Waals surface area contributed by atoms with Crippen molar-refractivity contribution < 1.29 is 9.22 Å². The van der Waals surface area contributed by atoms with Gasteiger partial charge in [-0.25, -0.2) is 4.57 Å². The SMILES string of the molecule is COC1(c2cn(-c3nnc4n3C3=CN(F)CN3c3ccccc3-4)nn2)CC1. The molecule has 0 spiro atoms. The minimum atomic E-state index is -0.343. The van der Waals surface area contributed by atoms with E-state index in [4.69, 9.17) is 4.74 Å². The third-order valence-electron chi connectivity index (χ3n) is 5.38. The number of para-hydroxylation sites is 1. The summed E-state index contributed by atoms with van der Waals surface area (Å²) in [6, 6.07) is 7.75. The fourth-order valence-electron chi connectivity index (χ4n) is 3.78. The largest absolute Gasteiger partial charge is 0.372 e. The summed E-state index contributed by atoms with van der Waals surface area (Å²) in [5.74, 6) is 1.73. The van der Waals surface area contributed by atoms with Crippen LogP contribution in [0.1, 0.15) is 18.5 Å². The van der Waals surface area contributed by atoms with E-state index in [1.165, 1.54) is 6.20 Å². The highest BCUT2D eigenvalue weighted by Gasteiger charge is 2.47. The van der Waals surface area contributed by atoms with Crippen molar-refractivity contribution in [3.05, 3.63) is 42.4 Å². The van der Waals surface area contributed by atoms with Crippen LogP contribution in [0, 0.1) is 0 Å². The first kappa shape index (κ1) is 14.9. The zero-order chi connectivity index (χ0) is 18.2. The quantitative estimate of drug-likeness (QED) is 0.655. The predicted octanol–water partition coefficient (Wildman–Crippen LogP) is 1.89. The number of fused-ring (bicyclic) bond motifs is 6. The summed E-state index contributed by atoms with van der Waals surface area (Å²) in [5, 5.41) is 17.8. The van der Waals surface area contributed by atoms with E-state index in [0.717, 1.165) is 29.8 Å². The Bertz CT molecular complexity index is 1100. The molecule has 10 heteroatoms. The molecule has 3 aromatic rings. The maximum absolute atomic E-state index is 14.1. The first-order valence-corrected chi connectivity index (χ1v) is 8.65. The van der Waals surface area contributed by atoms with E-state index in [0.29, 0.717) is 22.7 Å². The maximum atomic E-state index is 14.1. The highest BCUT2D eigenvalue weighted by atomic mass is 19.2. The van der Waals surface area contributed by atoms with Gasteiger partial charge in [-0.15, -0.1) is 15.3 Å². The zero-order valence-corrected chi connectivity index (χ0v) is 14.4. The van der Waals surface area contributed by atoms with Crippen LogP contribution in [0.15, 0.2) is 36.7 Å². The smallest absolute Gasteiger partial charge is 0.259 e. The fourth-order valence-corrected chi connectivity index (χ4v) is 3.78. The Balaban J connectivity index is 1.54. The second-order valence-corrected chi connectivity index (χ2v) is 6.88. The van der Waals surface area contributed by atoms with Gasteiger partial charge in [0.05, 0.1) is 18.1 Å². The summed E-state index contributed by atoms with van der Waals surface area (Å²) >= 11 is 0. The molecule has 6 rings (SSSR count). The summed E-state index contributed by atoms with van der Waals surface area (Å²) in [7, 11) is 1.68. The molecule has 1 aromatic carbocycles. The second kappa shape index (κ2) is 4.92. The van der Waals surface area contributed by atoms with Crippen LogP contribution < -0.4 is 4.90 Å². The van der Waals surface area contributed by atoms with Gasteiger partial charge >= 0.3 is 0 Å². The lowest BCUT2D eigenvalue weighted by molar-refractivity contribution is 0.0751. The molecule has 0 amide bonds. The Hall–Kier alpha value is -3.27. The van der Waals surface area contributed by atoms with Gasteiger partial charge < -0.3 is 9.64 Å². The number of halogens is 1. The molecule has 0 atom stereocenters. The summed E-state index contributed by atoms with van der Waals surface area (Å²) in [5.41, 5.74) is 2.21. The number of methoxy groups -OCH3 is 1. The Labute approximate surface area is 153 Å². The van der Waals surface area contributed by atoms with Gasteiger partial charge in [-0.2, -0.15) is 9.80 Å². The van der Waals surface area contributed by atoms with Crippen LogP contribution in [0.5, 0.6) is 0 Å². The molecular formula is C17H15FN8O. The number of aromatic nitrogens is 6. The van der Waals surface area contributed by atoms with Crippen LogP contribution in [0.25, 0.3) is 23.2 Å².